The fourth-order valence-corrected chi connectivity index (χ4v) is 13.5. The molecule has 0 atom stereocenters. The molecule has 9 aromatic heterocycles. The number of thiazole rings is 4. The molecule has 2 aromatic carbocycles. The molecule has 11 rings (SSSR count). The van der Waals surface area contributed by atoms with E-state index in [1.54, 1.807) is 0 Å². The molecule has 0 N–H and O–H groups in total. The Kier molecular flexibility index (Phi) is 17.4. The zero-order valence-corrected chi connectivity index (χ0v) is 50.3. The molecule has 14 nitrogen and oxygen atoms in total. The van der Waals surface area contributed by atoms with Crippen molar-refractivity contribution in [2.75, 3.05) is 32.2 Å². The Balaban J connectivity index is 0.826. The van der Waals surface area contributed by atoms with Gasteiger partial charge in [-0.3, -0.25) is 0 Å². The van der Waals surface area contributed by atoms with Crippen molar-refractivity contribution in [3.05, 3.63) is 110 Å². The normalized spacial score (nSPS) is 11.9. The Morgan fingerprint density at radius 3 is 1.26 bits per heavy atom. The van der Waals surface area contributed by atoms with Crippen LogP contribution in [-0.4, -0.2) is 81.3 Å². The smallest absolute Gasteiger partial charge is 0.159 e. The van der Waals surface area contributed by atoms with E-state index < -0.39 is 0 Å². The third-order valence-corrected chi connectivity index (χ3v) is 18.2. The molecular formula is C63H68N12O2S4. The minimum absolute atomic E-state index is 0.524. The maximum atomic E-state index is 6.22. The minimum Gasteiger partial charge on any atom is -0.494 e. The number of pyridine rings is 3. The molecule has 0 aliphatic heterocycles. The van der Waals surface area contributed by atoms with E-state index in [1.807, 2.05) is 74.8 Å². The molecule has 11 aromatic rings. The SMILES string of the molecule is C=CCCCCCOc1ccc2nc(-c3cccc(-c4nc5sc(-c6cc(N(C)C)cc(-c7nc8sc(-c9cccc(-c%10nc%11ccc(OCCCCCC=C)cc%11n%10CCC(C)C)n9)nc8s7)n6)nc5s4)n3)n(CCC(C)C)c2c1. The average molecular weight is 1150 g/mol. The first kappa shape index (κ1) is 55.6. The van der Waals surface area contributed by atoms with E-state index in [0.717, 1.165) is 202 Å². The topological polar surface area (TPSA) is 148 Å². The number of aromatic nitrogens is 11. The first-order chi connectivity index (χ1) is 39.5. The van der Waals surface area contributed by atoms with Crippen LogP contribution in [0.15, 0.2) is 110 Å². The van der Waals surface area contributed by atoms with Crippen molar-refractivity contribution in [1.29, 1.82) is 0 Å². The quantitative estimate of drug-likeness (QED) is 0.0356. The number of hydrogen-bond donors (Lipinski definition) is 0. The van der Waals surface area contributed by atoms with Crippen molar-refractivity contribution in [2.45, 2.75) is 105 Å². The lowest BCUT2D eigenvalue weighted by Crippen LogP contribution is -2.09. The van der Waals surface area contributed by atoms with E-state index in [0.29, 0.717) is 25.0 Å². The van der Waals surface area contributed by atoms with Gasteiger partial charge in [0, 0.05) is 45.0 Å². The molecule has 0 unspecified atom stereocenters. The number of benzene rings is 2. The van der Waals surface area contributed by atoms with Crippen molar-refractivity contribution >= 4 is 92.4 Å². The van der Waals surface area contributed by atoms with E-state index in [1.165, 1.54) is 45.3 Å². The van der Waals surface area contributed by atoms with Crippen LogP contribution in [0.25, 0.3) is 107 Å². The zero-order valence-electron chi connectivity index (χ0n) is 47.0. The number of aryl methyl sites for hydroxylation is 2. The highest BCUT2D eigenvalue weighted by molar-refractivity contribution is 7.30. The number of nitrogens with zero attached hydrogens (tertiary/aromatic N) is 12. The lowest BCUT2D eigenvalue weighted by Gasteiger charge is -2.14. The third kappa shape index (κ3) is 12.8. The molecule has 0 aliphatic rings. The predicted molar refractivity (Wildman–Crippen MR) is 338 cm³/mol. The van der Waals surface area contributed by atoms with Crippen molar-refractivity contribution < 1.29 is 9.47 Å². The second-order valence-electron chi connectivity index (χ2n) is 21.4. The number of anilines is 1. The lowest BCUT2D eigenvalue weighted by atomic mass is 10.1. The summed E-state index contributed by atoms with van der Waals surface area (Å²) in [4.78, 5) is 51.8. The van der Waals surface area contributed by atoms with Crippen LogP contribution in [0.4, 0.5) is 5.69 Å². The molecule has 9 heterocycles. The summed E-state index contributed by atoms with van der Waals surface area (Å²) in [5.41, 5.74) is 9.62. The second-order valence-corrected chi connectivity index (χ2v) is 25.3. The molecule has 0 fully saturated rings. The van der Waals surface area contributed by atoms with E-state index >= 15 is 0 Å². The Morgan fingerprint density at radius 2 is 0.864 bits per heavy atom. The lowest BCUT2D eigenvalue weighted by molar-refractivity contribution is 0.305. The molecule has 416 valence electrons. The molecule has 0 aliphatic carbocycles. The van der Waals surface area contributed by atoms with Crippen molar-refractivity contribution in [2.24, 2.45) is 11.8 Å². The fourth-order valence-electron chi connectivity index (χ4n) is 9.59. The van der Waals surface area contributed by atoms with Crippen molar-refractivity contribution in [3.8, 4) is 77.3 Å². The van der Waals surface area contributed by atoms with Crippen LogP contribution in [0.3, 0.4) is 0 Å². The number of hydrogen-bond acceptors (Lipinski definition) is 16. The molecular weight excluding hydrogens is 1090 g/mol. The average Bonchev–Trinajstić information content (AvgIpc) is 4.51. The Hall–Kier alpha value is -7.25. The van der Waals surface area contributed by atoms with Crippen LogP contribution in [0.2, 0.25) is 0 Å². The Bertz CT molecular complexity index is 3680. The fraction of sp³-hybridized carbons (Fsp3) is 0.349. The van der Waals surface area contributed by atoms with Crippen LogP contribution in [-0.2, 0) is 13.1 Å². The van der Waals surface area contributed by atoms with Crippen LogP contribution >= 0.6 is 45.3 Å². The second kappa shape index (κ2) is 25.3. The number of rotatable bonds is 27. The van der Waals surface area contributed by atoms with Crippen molar-refractivity contribution in [1.82, 2.24) is 54.0 Å². The number of allylic oxidation sites excluding steroid dienone is 2. The maximum absolute atomic E-state index is 6.22. The van der Waals surface area contributed by atoms with Crippen LogP contribution in [0, 0.1) is 11.8 Å². The summed E-state index contributed by atoms with van der Waals surface area (Å²) in [5, 5.41) is 3.19. The Morgan fingerprint density at radius 1 is 0.469 bits per heavy atom. The highest BCUT2D eigenvalue weighted by atomic mass is 32.1. The number of fused-ring (bicyclic) bond motifs is 4. The summed E-state index contributed by atoms with van der Waals surface area (Å²) in [6.07, 6.45) is 14.6. The summed E-state index contributed by atoms with van der Waals surface area (Å²) in [6, 6.07) is 28.8. The molecule has 0 saturated heterocycles. The van der Waals surface area contributed by atoms with Gasteiger partial charge >= 0.3 is 0 Å². The van der Waals surface area contributed by atoms with E-state index in [-0.39, 0.29) is 0 Å². The van der Waals surface area contributed by atoms with E-state index in [9.17, 15) is 0 Å². The largest absolute Gasteiger partial charge is 0.494 e. The van der Waals surface area contributed by atoms with E-state index in [4.69, 9.17) is 54.3 Å². The molecule has 18 heteroatoms. The van der Waals surface area contributed by atoms with Gasteiger partial charge in [-0.1, -0.05) is 97.3 Å². The molecule has 0 spiro atoms. The number of imidazole rings is 2. The van der Waals surface area contributed by atoms with Gasteiger partial charge in [-0.25, -0.2) is 44.9 Å². The summed E-state index contributed by atoms with van der Waals surface area (Å²) in [6.45, 7) is 19.7. The highest BCUT2D eigenvalue weighted by Gasteiger charge is 2.23. The van der Waals surface area contributed by atoms with Gasteiger partial charge in [0.1, 0.15) is 54.3 Å². The van der Waals surface area contributed by atoms with Gasteiger partial charge in [-0.05, 0) is 137 Å². The summed E-state index contributed by atoms with van der Waals surface area (Å²) < 4.78 is 17.0. The van der Waals surface area contributed by atoms with Gasteiger partial charge in [0.05, 0.1) is 46.7 Å². The molecule has 0 saturated carbocycles. The third-order valence-electron chi connectivity index (χ3n) is 14.1. The molecule has 0 radical (unpaired) electrons. The first-order valence-corrected chi connectivity index (χ1v) is 31.4. The number of unbranched alkanes of at least 4 members (excludes halogenated alkanes) is 6. The summed E-state index contributed by atoms with van der Waals surface area (Å²) >= 11 is 6.14. The summed E-state index contributed by atoms with van der Waals surface area (Å²) in [5.74, 6) is 4.44. The van der Waals surface area contributed by atoms with Crippen molar-refractivity contribution in [3.63, 3.8) is 0 Å². The van der Waals surface area contributed by atoms with Gasteiger partial charge < -0.3 is 23.5 Å². The van der Waals surface area contributed by atoms with Gasteiger partial charge in [0.15, 0.2) is 31.0 Å². The molecule has 81 heavy (non-hydrogen) atoms. The van der Waals surface area contributed by atoms with Gasteiger partial charge in [0.25, 0.3) is 0 Å². The first-order valence-electron chi connectivity index (χ1n) is 28.2. The minimum atomic E-state index is 0.524. The maximum Gasteiger partial charge on any atom is 0.159 e. The van der Waals surface area contributed by atoms with Gasteiger partial charge in [-0.15, -0.1) is 13.2 Å². The van der Waals surface area contributed by atoms with Gasteiger partial charge in [0.2, 0.25) is 0 Å². The van der Waals surface area contributed by atoms with Crippen LogP contribution in [0.1, 0.15) is 91.9 Å². The van der Waals surface area contributed by atoms with E-state index in [2.05, 4.69) is 91.3 Å². The number of ether oxygens (including phenoxy) is 2. The summed E-state index contributed by atoms with van der Waals surface area (Å²) in [7, 11) is 4.07. The Labute approximate surface area is 489 Å². The predicted octanol–water partition coefficient (Wildman–Crippen LogP) is 17.1. The molecule has 0 bridgehead atoms. The van der Waals surface area contributed by atoms with Crippen LogP contribution < -0.4 is 14.4 Å². The molecule has 0 amide bonds. The van der Waals surface area contributed by atoms with Gasteiger partial charge in [-0.2, -0.15) is 0 Å². The monoisotopic (exact) mass is 1150 g/mol. The van der Waals surface area contributed by atoms with Crippen LogP contribution in [0.5, 0.6) is 11.5 Å². The zero-order chi connectivity index (χ0) is 56.0. The standard InChI is InChI=1S/C63H68N12O2S4/c1-9-11-13-15-17-33-76-42-25-27-44-52(37-42)74(31-29-39(3)4)54(67-44)46-21-19-23-48(64-46)56-69-60-62(78-56)71-58(80-60)50-35-41(73(7)8)36-51(66-50)59-72-63-61(81-59)70-57(79-63)49-24-20-22-47(65-49)55-68-45-28-26-43(77-34-18-16-14-12-10-2)38-53(45)75(55)32-30-40(5)6/h9-10,19-28,35-40H,1-2,11-18,29-34H2,3-8H3. The highest BCUT2D eigenvalue weighted by Crippen LogP contribution is 2.41.